The van der Waals surface area contributed by atoms with Crippen molar-refractivity contribution >= 4 is 11.5 Å². The number of nitrogens with zero attached hydrogens (tertiary/aromatic N) is 4. The van der Waals surface area contributed by atoms with Crippen LogP contribution in [0.2, 0.25) is 0 Å². The molecule has 0 aliphatic rings. The van der Waals surface area contributed by atoms with Gasteiger partial charge in [-0.1, -0.05) is 0 Å². The van der Waals surface area contributed by atoms with Crippen molar-refractivity contribution in [1.82, 2.24) is 19.7 Å². The number of hydrogen-bond donors (Lipinski definition) is 3. The molecule has 3 rings (SSSR count). The van der Waals surface area contributed by atoms with Gasteiger partial charge < -0.3 is 29.7 Å². The van der Waals surface area contributed by atoms with Crippen LogP contribution in [0.3, 0.4) is 0 Å². The van der Waals surface area contributed by atoms with Crippen molar-refractivity contribution in [2.24, 2.45) is 0 Å². The van der Waals surface area contributed by atoms with Crippen LogP contribution < -0.4 is 19.5 Å². The summed E-state index contributed by atoms with van der Waals surface area (Å²) in [6.45, 7) is -0.536. The van der Waals surface area contributed by atoms with Gasteiger partial charge in [0.05, 0.1) is 50.6 Å². The minimum Gasteiger partial charge on any atom is -0.494 e. The van der Waals surface area contributed by atoms with E-state index in [-0.39, 0.29) is 29.5 Å². The van der Waals surface area contributed by atoms with Crippen molar-refractivity contribution in [3.63, 3.8) is 0 Å². The summed E-state index contributed by atoms with van der Waals surface area (Å²) in [6.07, 6.45) is 4.13. The molecule has 0 fully saturated rings. The van der Waals surface area contributed by atoms with Crippen LogP contribution in [-0.2, 0) is 13.2 Å². The summed E-state index contributed by atoms with van der Waals surface area (Å²) in [6, 6.07) is 1.11. The first-order chi connectivity index (χ1) is 14.4. The van der Waals surface area contributed by atoms with Crippen molar-refractivity contribution in [3.05, 3.63) is 48.1 Å². The Morgan fingerprint density at radius 1 is 1.07 bits per heavy atom. The number of benzene rings is 1. The topological polar surface area (TPSA) is 124 Å². The third-order valence-corrected chi connectivity index (χ3v) is 3.91. The highest BCUT2D eigenvalue weighted by molar-refractivity contribution is 5.52. The number of aliphatic hydroxyl groups excluding tert-OH is 1. The molecule has 0 radical (unpaired) electrons. The van der Waals surface area contributed by atoms with Gasteiger partial charge in [0.15, 0.2) is 29.4 Å². The fraction of sp³-hybridized carbons (Fsp3) is 0.278. The van der Waals surface area contributed by atoms with Crippen LogP contribution in [0.25, 0.3) is 0 Å². The molecule has 0 atom stereocenters. The smallest absolute Gasteiger partial charge is 0.232 e. The van der Waals surface area contributed by atoms with Gasteiger partial charge in [-0.25, -0.2) is 18.7 Å². The zero-order valence-electron chi connectivity index (χ0n) is 16.0. The summed E-state index contributed by atoms with van der Waals surface area (Å²) in [5, 5.41) is 24.7. The van der Waals surface area contributed by atoms with E-state index in [4.69, 9.17) is 24.4 Å². The second kappa shape index (κ2) is 9.33. The number of ether oxygens (including phenoxy) is 3. The first-order valence-electron chi connectivity index (χ1n) is 8.60. The Morgan fingerprint density at radius 3 is 2.33 bits per heavy atom. The molecule has 0 bridgehead atoms. The normalized spacial score (nSPS) is 10.9. The molecule has 1 aromatic carbocycles. The minimum absolute atomic E-state index is 0.0419. The Morgan fingerprint density at radius 2 is 1.77 bits per heavy atom. The highest BCUT2D eigenvalue weighted by atomic mass is 19.1. The Labute approximate surface area is 169 Å². The van der Waals surface area contributed by atoms with Gasteiger partial charge in [-0.05, 0) is 0 Å². The molecular formula is C18H19F2N5O5. The van der Waals surface area contributed by atoms with Crippen LogP contribution in [0, 0.1) is 11.6 Å². The maximum absolute atomic E-state index is 14.4. The Bertz CT molecular complexity index is 969. The highest BCUT2D eigenvalue weighted by Crippen LogP contribution is 2.31. The summed E-state index contributed by atoms with van der Waals surface area (Å²) in [4.78, 5) is 8.13. The predicted octanol–water partition coefficient (Wildman–Crippen LogP) is 1.60. The Balaban J connectivity index is 1.66. The largest absolute Gasteiger partial charge is 0.494 e. The first-order valence-corrected chi connectivity index (χ1v) is 8.60. The van der Waals surface area contributed by atoms with Gasteiger partial charge >= 0.3 is 0 Å². The fourth-order valence-corrected chi connectivity index (χ4v) is 2.51. The van der Waals surface area contributed by atoms with Crippen molar-refractivity contribution in [2.45, 2.75) is 19.4 Å². The Kier molecular flexibility index (Phi) is 6.59. The molecule has 0 aliphatic carbocycles. The van der Waals surface area contributed by atoms with Crippen molar-refractivity contribution in [2.75, 3.05) is 19.5 Å². The molecule has 0 unspecified atom stereocenters. The Hall–Kier alpha value is -3.51. The van der Waals surface area contributed by atoms with Crippen LogP contribution in [0.5, 0.6) is 17.4 Å². The molecule has 12 heteroatoms. The lowest BCUT2D eigenvalue weighted by Gasteiger charge is -2.13. The number of aliphatic hydroxyl groups is 2. The lowest BCUT2D eigenvalue weighted by atomic mass is 10.1. The predicted molar refractivity (Wildman–Crippen MR) is 99.6 cm³/mol. The number of nitrogens with one attached hydrogen (secondary N) is 1. The third kappa shape index (κ3) is 4.90. The molecule has 160 valence electrons. The number of methoxy groups -OCH3 is 2. The zero-order valence-corrected chi connectivity index (χ0v) is 16.0. The van der Waals surface area contributed by atoms with E-state index in [0.717, 1.165) is 6.07 Å². The lowest BCUT2D eigenvalue weighted by Crippen LogP contribution is -2.14. The first kappa shape index (κ1) is 21.2. The number of aromatic nitrogens is 4. The van der Waals surface area contributed by atoms with Gasteiger partial charge in [-0.2, -0.15) is 5.10 Å². The van der Waals surface area contributed by atoms with E-state index >= 15 is 0 Å². The number of hydrogen-bond acceptors (Lipinski definition) is 9. The molecule has 10 nitrogen and oxygen atoms in total. The average Bonchev–Trinajstić information content (AvgIpc) is 3.15. The molecule has 0 saturated carbocycles. The standard InChI is InChI=1S/C18H19F2N5O5/c1-28-12-3-13(29-2)18(20)11(17(12)19)9-30-15-6-21-14(5-22-15)24-10-4-23-25(7-10)8-16(26)27/h3-7,16,26-27H,8-9H2,1-2H3,(H,21,24). The van der Waals surface area contributed by atoms with Crippen molar-refractivity contribution in [3.8, 4) is 17.4 Å². The maximum Gasteiger partial charge on any atom is 0.232 e. The fourth-order valence-electron chi connectivity index (χ4n) is 2.51. The van der Waals surface area contributed by atoms with Crippen molar-refractivity contribution < 1.29 is 33.2 Å². The van der Waals surface area contributed by atoms with Gasteiger partial charge in [0, 0.05) is 12.3 Å². The van der Waals surface area contributed by atoms with E-state index in [9.17, 15) is 8.78 Å². The highest BCUT2D eigenvalue weighted by Gasteiger charge is 2.20. The van der Waals surface area contributed by atoms with E-state index < -0.39 is 24.5 Å². The zero-order chi connectivity index (χ0) is 21.7. The quantitative estimate of drug-likeness (QED) is 0.440. The van der Waals surface area contributed by atoms with E-state index in [2.05, 4.69) is 20.4 Å². The number of anilines is 2. The number of halogens is 2. The lowest BCUT2D eigenvalue weighted by molar-refractivity contribution is -0.0534. The van der Waals surface area contributed by atoms with Crippen LogP contribution in [0.15, 0.2) is 30.9 Å². The van der Waals surface area contributed by atoms with Gasteiger partial charge in [-0.3, -0.25) is 4.68 Å². The third-order valence-electron chi connectivity index (χ3n) is 3.91. The maximum atomic E-state index is 14.4. The molecule has 3 aromatic rings. The molecular weight excluding hydrogens is 404 g/mol. The van der Waals surface area contributed by atoms with Crippen LogP contribution >= 0.6 is 0 Å². The van der Waals surface area contributed by atoms with E-state index in [1.807, 2.05) is 0 Å². The monoisotopic (exact) mass is 423 g/mol. The van der Waals surface area contributed by atoms with Crippen LogP contribution in [0.4, 0.5) is 20.3 Å². The summed E-state index contributed by atoms with van der Waals surface area (Å²) < 4.78 is 45.2. The molecule has 0 spiro atoms. The van der Waals surface area contributed by atoms with Gasteiger partial charge in [0.2, 0.25) is 5.88 Å². The molecule has 2 heterocycles. The van der Waals surface area contributed by atoms with E-state index in [1.54, 1.807) is 6.20 Å². The summed E-state index contributed by atoms with van der Waals surface area (Å²) in [5.74, 6) is -1.75. The molecule has 0 amide bonds. The van der Waals surface area contributed by atoms with Crippen LogP contribution in [-0.4, -0.2) is 50.5 Å². The molecule has 0 saturated heterocycles. The molecule has 30 heavy (non-hydrogen) atoms. The average molecular weight is 423 g/mol. The molecule has 0 aliphatic heterocycles. The second-order valence-corrected chi connectivity index (χ2v) is 5.97. The number of rotatable bonds is 9. The van der Waals surface area contributed by atoms with Gasteiger partial charge in [0.1, 0.15) is 12.4 Å². The van der Waals surface area contributed by atoms with Crippen LogP contribution in [0.1, 0.15) is 5.56 Å². The van der Waals surface area contributed by atoms with E-state index in [0.29, 0.717) is 11.5 Å². The molecule has 3 N–H and O–H groups in total. The second-order valence-electron chi connectivity index (χ2n) is 5.97. The summed E-state index contributed by atoms with van der Waals surface area (Å²) in [5.41, 5.74) is 0.180. The molecule has 2 aromatic heterocycles. The van der Waals surface area contributed by atoms with Crippen molar-refractivity contribution in [1.29, 1.82) is 0 Å². The van der Waals surface area contributed by atoms with Gasteiger partial charge in [-0.15, -0.1) is 0 Å². The van der Waals surface area contributed by atoms with Gasteiger partial charge in [0.25, 0.3) is 0 Å². The minimum atomic E-state index is -1.52. The van der Waals surface area contributed by atoms with E-state index in [1.165, 1.54) is 37.5 Å². The summed E-state index contributed by atoms with van der Waals surface area (Å²) >= 11 is 0. The SMILES string of the molecule is COc1cc(OC)c(F)c(COc2cnc(Nc3cnn(CC(O)O)c3)cn2)c1F. The summed E-state index contributed by atoms with van der Waals surface area (Å²) in [7, 11) is 2.51.